The molecule has 1 heterocycles. The predicted molar refractivity (Wildman–Crippen MR) is 44.6 cm³/mol. The molecule has 2 nitrogen and oxygen atoms in total. The van der Waals surface area contributed by atoms with E-state index in [0.717, 1.165) is 12.5 Å². The van der Waals surface area contributed by atoms with Gasteiger partial charge in [0.25, 0.3) is 0 Å². The van der Waals surface area contributed by atoms with Crippen LogP contribution in [-0.4, -0.2) is 37.7 Å². The van der Waals surface area contributed by atoms with Crippen molar-refractivity contribution in [3.63, 3.8) is 0 Å². The van der Waals surface area contributed by atoms with Gasteiger partial charge < -0.3 is 9.64 Å². The predicted octanol–water partition coefficient (Wildman–Crippen LogP) is 1.12. The van der Waals surface area contributed by atoms with Gasteiger partial charge in [-0.15, -0.1) is 0 Å². The third kappa shape index (κ3) is 1.00. The smallest absolute Gasteiger partial charge is 0.0845 e. The molecule has 2 atom stereocenters. The summed E-state index contributed by atoms with van der Waals surface area (Å²) in [5.41, 5.74) is 0.245. The second kappa shape index (κ2) is 2.46. The summed E-state index contributed by atoms with van der Waals surface area (Å²) >= 11 is 0. The van der Waals surface area contributed by atoms with Crippen LogP contribution in [0.2, 0.25) is 0 Å². The molecule has 2 rings (SSSR count). The Labute approximate surface area is 68.5 Å². The van der Waals surface area contributed by atoms with Gasteiger partial charge in [-0.1, -0.05) is 6.42 Å². The van der Waals surface area contributed by atoms with E-state index in [9.17, 15) is 0 Å². The Kier molecular flexibility index (Phi) is 1.69. The van der Waals surface area contributed by atoms with Crippen LogP contribution in [0.15, 0.2) is 0 Å². The number of fused-ring (bicyclic) bond motifs is 1. The van der Waals surface area contributed by atoms with E-state index in [1.54, 1.807) is 0 Å². The van der Waals surface area contributed by atoms with Gasteiger partial charge in [-0.05, 0) is 19.9 Å². The Balaban J connectivity index is 2.15. The van der Waals surface area contributed by atoms with Gasteiger partial charge in [0.15, 0.2) is 0 Å². The lowest BCUT2D eigenvalue weighted by molar-refractivity contribution is -0.0164. The summed E-state index contributed by atoms with van der Waals surface area (Å²) in [7, 11) is 4.07. The number of hydrogen-bond acceptors (Lipinski definition) is 2. The van der Waals surface area contributed by atoms with E-state index in [1.165, 1.54) is 25.8 Å². The van der Waals surface area contributed by atoms with E-state index in [2.05, 4.69) is 11.9 Å². The Morgan fingerprint density at radius 1 is 1.55 bits per heavy atom. The molecule has 2 aliphatic rings. The fourth-order valence-electron chi connectivity index (χ4n) is 2.81. The van der Waals surface area contributed by atoms with Crippen molar-refractivity contribution in [2.24, 2.45) is 5.92 Å². The first kappa shape index (κ1) is 7.56. The normalized spacial score (nSPS) is 44.7. The Bertz CT molecular complexity index is 160. The number of ether oxygens (including phenoxy) is 1. The van der Waals surface area contributed by atoms with Crippen LogP contribution < -0.4 is 0 Å². The van der Waals surface area contributed by atoms with Gasteiger partial charge >= 0.3 is 0 Å². The molecule has 2 fully saturated rings. The maximum atomic E-state index is 5.65. The van der Waals surface area contributed by atoms with E-state index < -0.39 is 0 Å². The van der Waals surface area contributed by atoms with Crippen LogP contribution in [0, 0.1) is 5.92 Å². The molecule has 1 aliphatic heterocycles. The van der Waals surface area contributed by atoms with Crippen LogP contribution in [0.1, 0.15) is 19.3 Å². The van der Waals surface area contributed by atoms with Crippen molar-refractivity contribution < 1.29 is 4.74 Å². The molecule has 0 bridgehead atoms. The van der Waals surface area contributed by atoms with Crippen molar-refractivity contribution in [3.8, 4) is 0 Å². The van der Waals surface area contributed by atoms with Crippen molar-refractivity contribution in [2.75, 3.05) is 27.2 Å². The summed E-state index contributed by atoms with van der Waals surface area (Å²) in [6.45, 7) is 2.39. The van der Waals surface area contributed by atoms with Crippen LogP contribution in [-0.2, 0) is 4.74 Å². The minimum absolute atomic E-state index is 0.245. The summed E-state index contributed by atoms with van der Waals surface area (Å²) in [5.74, 6) is 0.817. The lowest BCUT2D eigenvalue weighted by Gasteiger charge is -2.26. The summed E-state index contributed by atoms with van der Waals surface area (Å²) in [6, 6.07) is 0. The fraction of sp³-hybridized carbons (Fsp3) is 1.00. The SMILES string of the molecule is COC12CCCC1CN(C)C2. The molecule has 2 heteroatoms. The number of likely N-dealkylation sites (tertiary alicyclic amines) is 1. The molecule has 0 aromatic carbocycles. The molecule has 11 heavy (non-hydrogen) atoms. The third-order valence-corrected chi connectivity index (χ3v) is 3.37. The first-order valence-electron chi connectivity index (χ1n) is 4.50. The highest BCUT2D eigenvalue weighted by Crippen LogP contribution is 2.43. The Morgan fingerprint density at radius 2 is 2.36 bits per heavy atom. The standard InChI is InChI=1S/C9H17NO/c1-10-6-8-4-3-5-9(8,7-10)11-2/h8H,3-7H2,1-2H3. The first-order valence-corrected chi connectivity index (χ1v) is 4.50. The van der Waals surface area contributed by atoms with Crippen molar-refractivity contribution in [3.05, 3.63) is 0 Å². The highest BCUT2D eigenvalue weighted by atomic mass is 16.5. The molecule has 64 valence electrons. The maximum Gasteiger partial charge on any atom is 0.0845 e. The van der Waals surface area contributed by atoms with Gasteiger partial charge in [0.2, 0.25) is 0 Å². The van der Waals surface area contributed by atoms with Crippen molar-refractivity contribution >= 4 is 0 Å². The summed E-state index contributed by atoms with van der Waals surface area (Å²) in [6.07, 6.45) is 4.02. The zero-order valence-corrected chi connectivity index (χ0v) is 7.47. The van der Waals surface area contributed by atoms with Crippen molar-refractivity contribution in [1.82, 2.24) is 4.90 Å². The molecule has 1 saturated carbocycles. The number of rotatable bonds is 1. The lowest BCUT2D eigenvalue weighted by Crippen LogP contribution is -2.35. The van der Waals surface area contributed by atoms with E-state index in [1.807, 2.05) is 7.11 Å². The molecule has 0 spiro atoms. The molecule has 0 aromatic rings. The van der Waals surface area contributed by atoms with Crippen molar-refractivity contribution in [2.45, 2.75) is 24.9 Å². The second-order valence-electron chi connectivity index (χ2n) is 4.05. The van der Waals surface area contributed by atoms with Crippen molar-refractivity contribution in [1.29, 1.82) is 0 Å². The van der Waals surface area contributed by atoms with E-state index >= 15 is 0 Å². The zero-order chi connectivity index (χ0) is 7.90. The molecule has 1 saturated heterocycles. The maximum absolute atomic E-state index is 5.65. The van der Waals surface area contributed by atoms with Gasteiger partial charge in [0.05, 0.1) is 5.60 Å². The number of methoxy groups -OCH3 is 1. The van der Waals surface area contributed by atoms with E-state index in [0.29, 0.717) is 0 Å². The number of likely N-dealkylation sites (N-methyl/N-ethyl adjacent to an activating group) is 1. The Morgan fingerprint density at radius 3 is 3.00 bits per heavy atom. The van der Waals surface area contributed by atoms with Crippen LogP contribution in [0.25, 0.3) is 0 Å². The molecule has 2 unspecified atom stereocenters. The molecule has 0 radical (unpaired) electrons. The van der Waals surface area contributed by atoms with Gasteiger partial charge in [0, 0.05) is 26.1 Å². The van der Waals surface area contributed by atoms with Gasteiger partial charge in [-0.2, -0.15) is 0 Å². The van der Waals surface area contributed by atoms with Crippen LogP contribution in [0.5, 0.6) is 0 Å². The Hall–Kier alpha value is -0.0800. The molecule has 0 aromatic heterocycles. The van der Waals surface area contributed by atoms with E-state index in [4.69, 9.17) is 4.74 Å². The topological polar surface area (TPSA) is 12.5 Å². The first-order chi connectivity index (χ1) is 5.27. The van der Waals surface area contributed by atoms with Gasteiger partial charge in [-0.3, -0.25) is 0 Å². The third-order valence-electron chi connectivity index (χ3n) is 3.37. The second-order valence-corrected chi connectivity index (χ2v) is 4.05. The van der Waals surface area contributed by atoms with Crippen LogP contribution in [0.4, 0.5) is 0 Å². The molecule has 0 N–H and O–H groups in total. The molecule has 1 aliphatic carbocycles. The average Bonchev–Trinajstić information content (AvgIpc) is 2.43. The summed E-state index contributed by atoms with van der Waals surface area (Å²) in [5, 5.41) is 0. The van der Waals surface area contributed by atoms with Crippen LogP contribution in [0.3, 0.4) is 0 Å². The molecular formula is C9H17NO. The average molecular weight is 155 g/mol. The monoisotopic (exact) mass is 155 g/mol. The van der Waals surface area contributed by atoms with Crippen LogP contribution >= 0.6 is 0 Å². The molecule has 0 amide bonds. The largest absolute Gasteiger partial charge is 0.377 e. The van der Waals surface area contributed by atoms with Gasteiger partial charge in [0.1, 0.15) is 0 Å². The quantitative estimate of drug-likeness (QED) is 0.562. The fourth-order valence-corrected chi connectivity index (χ4v) is 2.81. The van der Waals surface area contributed by atoms with E-state index in [-0.39, 0.29) is 5.60 Å². The number of nitrogens with zero attached hydrogens (tertiary/aromatic N) is 1. The summed E-state index contributed by atoms with van der Waals surface area (Å²) in [4.78, 5) is 2.40. The highest BCUT2D eigenvalue weighted by molar-refractivity contribution is 5.01. The lowest BCUT2D eigenvalue weighted by atomic mass is 9.95. The highest BCUT2D eigenvalue weighted by Gasteiger charge is 2.48. The van der Waals surface area contributed by atoms with Gasteiger partial charge in [-0.25, -0.2) is 0 Å². The minimum Gasteiger partial charge on any atom is -0.377 e. The minimum atomic E-state index is 0.245. The zero-order valence-electron chi connectivity index (χ0n) is 7.47. The molecular weight excluding hydrogens is 138 g/mol. The summed E-state index contributed by atoms with van der Waals surface area (Å²) < 4.78 is 5.65. The number of hydrogen-bond donors (Lipinski definition) is 0.